The largest absolute Gasteiger partial charge is 0.382 e. The van der Waals surface area contributed by atoms with E-state index < -0.39 is 0 Å². The first-order chi connectivity index (χ1) is 8.63. The number of hydrogen-bond acceptors (Lipinski definition) is 4. The summed E-state index contributed by atoms with van der Waals surface area (Å²) in [6.07, 6.45) is 2.89. The maximum Gasteiger partial charge on any atom is 0.287 e. The van der Waals surface area contributed by atoms with E-state index in [4.69, 9.17) is 16.3 Å². The van der Waals surface area contributed by atoms with Crippen molar-refractivity contribution in [2.45, 2.75) is 32.9 Å². The fraction of sp³-hybridized carbons (Fsp3) is 0.667. The number of nitrogens with one attached hydrogen (secondary N) is 1. The minimum absolute atomic E-state index is 0.207. The summed E-state index contributed by atoms with van der Waals surface area (Å²) >= 11 is 6.03. The molecule has 18 heavy (non-hydrogen) atoms. The van der Waals surface area contributed by atoms with E-state index in [2.05, 4.69) is 17.3 Å². The minimum Gasteiger partial charge on any atom is -0.382 e. The van der Waals surface area contributed by atoms with Crippen LogP contribution in [0.2, 0.25) is 5.02 Å². The van der Waals surface area contributed by atoms with Crippen LogP contribution >= 0.6 is 11.6 Å². The average Bonchev–Trinajstić information content (AvgIpc) is 2.77. The molecule has 1 aliphatic rings. The first-order valence-electron chi connectivity index (χ1n) is 6.24. The molecule has 0 bridgehead atoms. The number of anilines is 1. The van der Waals surface area contributed by atoms with Gasteiger partial charge in [0, 0.05) is 25.6 Å². The van der Waals surface area contributed by atoms with Crippen LogP contribution in [-0.4, -0.2) is 29.0 Å². The van der Waals surface area contributed by atoms with Gasteiger partial charge in [0.05, 0.1) is 18.0 Å². The quantitative estimate of drug-likeness (QED) is 0.907. The topological polar surface area (TPSA) is 56.1 Å². The van der Waals surface area contributed by atoms with Crippen molar-refractivity contribution in [1.82, 2.24) is 9.78 Å². The van der Waals surface area contributed by atoms with Crippen LogP contribution in [0.5, 0.6) is 0 Å². The smallest absolute Gasteiger partial charge is 0.287 e. The van der Waals surface area contributed by atoms with Crippen molar-refractivity contribution >= 4 is 17.3 Å². The van der Waals surface area contributed by atoms with Crippen LogP contribution < -0.4 is 10.9 Å². The second-order valence-corrected chi connectivity index (χ2v) is 4.88. The molecule has 0 spiro atoms. The third-order valence-corrected chi connectivity index (χ3v) is 3.74. The molecule has 0 saturated carbocycles. The maximum absolute atomic E-state index is 11.8. The summed E-state index contributed by atoms with van der Waals surface area (Å²) in [7, 11) is 0. The lowest BCUT2D eigenvalue weighted by atomic mass is 10.0. The molecule has 100 valence electrons. The maximum atomic E-state index is 11.8. The lowest BCUT2D eigenvalue weighted by molar-refractivity contribution is 0.108. The summed E-state index contributed by atoms with van der Waals surface area (Å²) < 4.78 is 6.83. The number of rotatable bonds is 4. The zero-order valence-corrected chi connectivity index (χ0v) is 11.4. The lowest BCUT2D eigenvalue weighted by Crippen LogP contribution is -2.25. The molecule has 1 N–H and O–H groups in total. The standard InChI is InChI=1S/C12H18ClN3O2/c1-3-16-12(17)11(13)10(7-15-16)14-6-9-4-5-18-8(9)2/h7-9,14H,3-6H2,1-2H3. The molecule has 2 unspecified atom stereocenters. The number of aromatic nitrogens is 2. The highest BCUT2D eigenvalue weighted by atomic mass is 35.5. The lowest BCUT2D eigenvalue weighted by Gasteiger charge is -2.16. The van der Waals surface area contributed by atoms with E-state index in [1.54, 1.807) is 6.20 Å². The second-order valence-electron chi connectivity index (χ2n) is 4.50. The Bertz CT molecular complexity index is 475. The monoisotopic (exact) mass is 271 g/mol. The molecule has 5 nitrogen and oxygen atoms in total. The Morgan fingerprint density at radius 3 is 3.06 bits per heavy atom. The number of aryl methyl sites for hydroxylation is 1. The fourth-order valence-corrected chi connectivity index (χ4v) is 2.31. The molecular formula is C12H18ClN3O2. The van der Waals surface area contributed by atoms with Crippen molar-refractivity contribution in [3.8, 4) is 0 Å². The van der Waals surface area contributed by atoms with Gasteiger partial charge in [0.2, 0.25) is 0 Å². The highest BCUT2D eigenvalue weighted by molar-refractivity contribution is 6.32. The van der Waals surface area contributed by atoms with Crippen LogP contribution in [0.25, 0.3) is 0 Å². The number of halogens is 1. The van der Waals surface area contributed by atoms with Gasteiger partial charge in [0.15, 0.2) is 0 Å². The number of ether oxygens (including phenoxy) is 1. The van der Waals surface area contributed by atoms with Gasteiger partial charge >= 0.3 is 0 Å². The highest BCUT2D eigenvalue weighted by Crippen LogP contribution is 2.22. The van der Waals surface area contributed by atoms with Crippen LogP contribution in [0.15, 0.2) is 11.0 Å². The molecule has 0 aromatic carbocycles. The molecule has 0 amide bonds. The molecule has 2 rings (SSSR count). The Labute approximate surface area is 111 Å². The summed E-state index contributed by atoms with van der Waals surface area (Å²) in [5.41, 5.74) is 0.352. The van der Waals surface area contributed by atoms with Crippen molar-refractivity contribution in [3.05, 3.63) is 21.6 Å². The van der Waals surface area contributed by atoms with Crippen molar-refractivity contribution in [2.75, 3.05) is 18.5 Å². The summed E-state index contributed by atoms with van der Waals surface area (Å²) in [5, 5.41) is 7.44. The van der Waals surface area contributed by atoms with Crippen LogP contribution in [0.4, 0.5) is 5.69 Å². The van der Waals surface area contributed by atoms with Gasteiger partial charge < -0.3 is 10.1 Å². The molecule has 1 fully saturated rings. The normalized spacial score (nSPS) is 23.3. The summed E-state index contributed by atoms with van der Waals surface area (Å²) in [4.78, 5) is 11.8. The zero-order valence-electron chi connectivity index (χ0n) is 10.6. The Kier molecular flexibility index (Phi) is 4.24. The van der Waals surface area contributed by atoms with Gasteiger partial charge in [0.1, 0.15) is 5.02 Å². The number of nitrogens with zero attached hydrogens (tertiary/aromatic N) is 2. The Morgan fingerprint density at radius 1 is 1.67 bits per heavy atom. The van der Waals surface area contributed by atoms with Crippen molar-refractivity contribution < 1.29 is 4.74 Å². The van der Waals surface area contributed by atoms with Crippen LogP contribution in [0.1, 0.15) is 20.3 Å². The van der Waals surface area contributed by atoms with E-state index in [-0.39, 0.29) is 16.7 Å². The van der Waals surface area contributed by atoms with Gasteiger partial charge in [-0.25, -0.2) is 4.68 Å². The fourth-order valence-electron chi connectivity index (χ4n) is 2.10. The second kappa shape index (κ2) is 5.71. The molecule has 2 heterocycles. The molecule has 0 aliphatic carbocycles. The summed E-state index contributed by atoms with van der Waals surface area (Å²) in [6.45, 7) is 5.99. The van der Waals surface area contributed by atoms with Crippen molar-refractivity contribution in [1.29, 1.82) is 0 Å². The molecule has 2 atom stereocenters. The molecule has 1 saturated heterocycles. The van der Waals surface area contributed by atoms with E-state index in [1.165, 1.54) is 4.68 Å². The van der Waals surface area contributed by atoms with Crippen LogP contribution in [-0.2, 0) is 11.3 Å². The van der Waals surface area contributed by atoms with Gasteiger partial charge in [-0.2, -0.15) is 5.10 Å². The predicted octanol–water partition coefficient (Wildman–Crippen LogP) is 1.75. The van der Waals surface area contributed by atoms with E-state index in [0.717, 1.165) is 19.6 Å². The van der Waals surface area contributed by atoms with Crippen molar-refractivity contribution in [3.63, 3.8) is 0 Å². The van der Waals surface area contributed by atoms with Gasteiger partial charge in [-0.15, -0.1) is 0 Å². The summed E-state index contributed by atoms with van der Waals surface area (Å²) in [5.74, 6) is 0.453. The number of hydrogen-bond donors (Lipinski definition) is 1. The zero-order chi connectivity index (χ0) is 13.1. The van der Waals surface area contributed by atoms with E-state index in [9.17, 15) is 4.79 Å². The molecule has 1 aromatic rings. The molecule has 0 radical (unpaired) electrons. The van der Waals surface area contributed by atoms with Gasteiger partial charge in [-0.1, -0.05) is 11.6 Å². The van der Waals surface area contributed by atoms with E-state index in [0.29, 0.717) is 18.2 Å². The van der Waals surface area contributed by atoms with Gasteiger partial charge in [-0.3, -0.25) is 4.79 Å². The third kappa shape index (κ3) is 2.67. The third-order valence-electron chi connectivity index (χ3n) is 3.37. The Balaban J connectivity index is 2.06. The SMILES string of the molecule is CCn1ncc(NCC2CCOC2C)c(Cl)c1=O. The van der Waals surface area contributed by atoms with Gasteiger partial charge in [-0.05, 0) is 20.3 Å². The summed E-state index contributed by atoms with van der Waals surface area (Å²) in [6, 6.07) is 0. The van der Waals surface area contributed by atoms with Crippen molar-refractivity contribution in [2.24, 2.45) is 5.92 Å². The van der Waals surface area contributed by atoms with E-state index in [1.807, 2.05) is 6.92 Å². The highest BCUT2D eigenvalue weighted by Gasteiger charge is 2.24. The predicted molar refractivity (Wildman–Crippen MR) is 71.2 cm³/mol. The Hall–Kier alpha value is -1.07. The van der Waals surface area contributed by atoms with E-state index >= 15 is 0 Å². The minimum atomic E-state index is -0.250. The first-order valence-corrected chi connectivity index (χ1v) is 6.62. The molecule has 1 aliphatic heterocycles. The van der Waals surface area contributed by atoms with Gasteiger partial charge in [0.25, 0.3) is 5.56 Å². The molecule has 1 aromatic heterocycles. The van der Waals surface area contributed by atoms with Crippen LogP contribution in [0.3, 0.4) is 0 Å². The Morgan fingerprint density at radius 2 is 2.44 bits per heavy atom. The first kappa shape index (κ1) is 13.4. The van der Waals surface area contributed by atoms with Crippen LogP contribution in [0, 0.1) is 5.92 Å². The average molecular weight is 272 g/mol. The molecule has 6 heteroatoms. The molecular weight excluding hydrogens is 254 g/mol.